The van der Waals surface area contributed by atoms with Crippen LogP contribution in [0.25, 0.3) is 10.9 Å². The van der Waals surface area contributed by atoms with Gasteiger partial charge in [0, 0.05) is 18.7 Å². The molecule has 1 fully saturated rings. The maximum Gasteiger partial charge on any atom is 0.258 e. The van der Waals surface area contributed by atoms with Crippen LogP contribution in [-0.4, -0.2) is 47.5 Å². The number of hydrogen-bond donors (Lipinski definition) is 2. The molecule has 132 valence electrons. The van der Waals surface area contributed by atoms with E-state index in [0.29, 0.717) is 22.3 Å². The van der Waals surface area contributed by atoms with Crippen molar-refractivity contribution in [3.63, 3.8) is 0 Å². The Kier molecular flexibility index (Phi) is 5.45. The number of likely N-dealkylation sites (tertiary alicyclic amines) is 1. The van der Waals surface area contributed by atoms with Gasteiger partial charge in [-0.3, -0.25) is 14.5 Å². The molecule has 2 heterocycles. The molecule has 1 saturated heterocycles. The number of piperidine rings is 1. The molecule has 2 aromatic rings. The van der Waals surface area contributed by atoms with Gasteiger partial charge in [-0.05, 0) is 32.0 Å². The quantitative estimate of drug-likeness (QED) is 0.811. The Balaban J connectivity index is 1.71. The number of aromatic nitrogens is 2. The second-order valence-electron chi connectivity index (χ2n) is 6.05. The van der Waals surface area contributed by atoms with Gasteiger partial charge in [0.25, 0.3) is 5.56 Å². The van der Waals surface area contributed by atoms with Crippen molar-refractivity contribution >= 4 is 22.5 Å². The molecule has 0 unspecified atom stereocenters. The van der Waals surface area contributed by atoms with Crippen molar-refractivity contribution < 1.29 is 9.53 Å². The summed E-state index contributed by atoms with van der Waals surface area (Å²) in [5.41, 5.74) is 0.698. The highest BCUT2D eigenvalue weighted by atomic mass is 16.5. The molecule has 7 nitrogen and oxygen atoms in total. The SMILES string of the molecule is COc1cc2nc[nH]c(=O)c2cc1NC(=O)/C=C/CN1CCCCC1. The van der Waals surface area contributed by atoms with Gasteiger partial charge in [-0.1, -0.05) is 12.5 Å². The highest BCUT2D eigenvalue weighted by Gasteiger charge is 2.11. The van der Waals surface area contributed by atoms with Crippen LogP contribution in [-0.2, 0) is 4.79 Å². The molecule has 2 N–H and O–H groups in total. The summed E-state index contributed by atoms with van der Waals surface area (Å²) in [6.45, 7) is 2.94. The van der Waals surface area contributed by atoms with Crippen LogP contribution in [0.5, 0.6) is 5.75 Å². The van der Waals surface area contributed by atoms with Crippen LogP contribution in [0.15, 0.2) is 35.4 Å². The molecule has 25 heavy (non-hydrogen) atoms. The van der Waals surface area contributed by atoms with E-state index in [-0.39, 0.29) is 11.5 Å². The van der Waals surface area contributed by atoms with Crippen LogP contribution in [0, 0.1) is 0 Å². The van der Waals surface area contributed by atoms with Crippen molar-refractivity contribution in [3.05, 3.63) is 41.0 Å². The van der Waals surface area contributed by atoms with Crippen LogP contribution >= 0.6 is 0 Å². The fourth-order valence-electron chi connectivity index (χ4n) is 2.99. The molecule has 1 aromatic heterocycles. The molecule has 1 aliphatic heterocycles. The predicted molar refractivity (Wildman–Crippen MR) is 97.0 cm³/mol. The van der Waals surface area contributed by atoms with E-state index < -0.39 is 0 Å². The summed E-state index contributed by atoms with van der Waals surface area (Å²) in [5, 5.41) is 3.17. The largest absolute Gasteiger partial charge is 0.494 e. The van der Waals surface area contributed by atoms with Crippen LogP contribution in [0.3, 0.4) is 0 Å². The van der Waals surface area contributed by atoms with Gasteiger partial charge in [-0.15, -0.1) is 0 Å². The molecule has 7 heteroatoms. The molecular weight excluding hydrogens is 320 g/mol. The normalized spacial score (nSPS) is 15.6. The van der Waals surface area contributed by atoms with Gasteiger partial charge in [0.2, 0.25) is 5.91 Å². The second kappa shape index (κ2) is 7.94. The summed E-state index contributed by atoms with van der Waals surface area (Å²) >= 11 is 0. The lowest BCUT2D eigenvalue weighted by atomic mass is 10.1. The maximum atomic E-state index is 12.2. The predicted octanol–water partition coefficient (Wildman–Crippen LogP) is 1.91. The number of H-pyrrole nitrogens is 1. The first-order valence-corrected chi connectivity index (χ1v) is 8.42. The fourth-order valence-corrected chi connectivity index (χ4v) is 2.99. The van der Waals surface area contributed by atoms with Gasteiger partial charge in [0.05, 0.1) is 30.0 Å². The smallest absolute Gasteiger partial charge is 0.258 e. The zero-order chi connectivity index (χ0) is 17.6. The number of methoxy groups -OCH3 is 1. The average Bonchev–Trinajstić information content (AvgIpc) is 2.63. The maximum absolute atomic E-state index is 12.2. The number of carbonyl (C=O) groups is 1. The van der Waals surface area contributed by atoms with Crippen LogP contribution < -0.4 is 15.6 Å². The number of ether oxygens (including phenoxy) is 1. The molecule has 1 aromatic carbocycles. The monoisotopic (exact) mass is 342 g/mol. The third kappa shape index (κ3) is 4.24. The number of benzene rings is 1. The van der Waals surface area contributed by atoms with Crippen molar-refractivity contribution in [3.8, 4) is 5.75 Å². The Bertz CT molecular complexity index is 838. The lowest BCUT2D eigenvalue weighted by molar-refractivity contribution is -0.111. The Labute approximate surface area is 145 Å². The molecule has 1 amide bonds. The van der Waals surface area contributed by atoms with Crippen molar-refractivity contribution in [1.29, 1.82) is 0 Å². The zero-order valence-electron chi connectivity index (χ0n) is 14.2. The van der Waals surface area contributed by atoms with Crippen molar-refractivity contribution in [2.75, 3.05) is 32.1 Å². The Morgan fingerprint density at radius 2 is 2.16 bits per heavy atom. The van der Waals surface area contributed by atoms with Crippen LogP contribution in [0.4, 0.5) is 5.69 Å². The van der Waals surface area contributed by atoms with Crippen LogP contribution in [0.1, 0.15) is 19.3 Å². The molecule has 0 aliphatic carbocycles. The summed E-state index contributed by atoms with van der Waals surface area (Å²) in [6, 6.07) is 3.22. The number of anilines is 1. The molecule has 1 aliphatic rings. The van der Waals surface area contributed by atoms with Crippen molar-refractivity contribution in [2.24, 2.45) is 0 Å². The zero-order valence-corrected chi connectivity index (χ0v) is 14.2. The van der Waals surface area contributed by atoms with E-state index in [0.717, 1.165) is 19.6 Å². The average molecular weight is 342 g/mol. The first-order valence-electron chi connectivity index (χ1n) is 8.42. The fraction of sp³-hybridized carbons (Fsp3) is 0.389. The number of hydrogen-bond acceptors (Lipinski definition) is 5. The molecular formula is C18H22N4O3. The summed E-state index contributed by atoms with van der Waals surface area (Å²) in [7, 11) is 1.51. The highest BCUT2D eigenvalue weighted by Crippen LogP contribution is 2.27. The Hall–Kier alpha value is -2.67. The lowest BCUT2D eigenvalue weighted by Gasteiger charge is -2.24. The van der Waals surface area contributed by atoms with E-state index in [1.54, 1.807) is 12.1 Å². The van der Waals surface area contributed by atoms with Gasteiger partial charge in [-0.2, -0.15) is 0 Å². The number of amides is 1. The lowest BCUT2D eigenvalue weighted by Crippen LogP contribution is -2.29. The topological polar surface area (TPSA) is 87.3 Å². The molecule has 0 spiro atoms. The Morgan fingerprint density at radius 3 is 2.92 bits per heavy atom. The van der Waals surface area contributed by atoms with E-state index in [2.05, 4.69) is 20.2 Å². The first-order chi connectivity index (χ1) is 12.2. The summed E-state index contributed by atoms with van der Waals surface area (Å²) in [5.74, 6) is 0.207. The van der Waals surface area contributed by atoms with Crippen molar-refractivity contribution in [2.45, 2.75) is 19.3 Å². The Morgan fingerprint density at radius 1 is 1.36 bits per heavy atom. The molecule has 0 bridgehead atoms. The minimum atomic E-state index is -0.260. The third-order valence-corrected chi connectivity index (χ3v) is 4.30. The summed E-state index contributed by atoms with van der Waals surface area (Å²) in [6.07, 6.45) is 8.45. The minimum absolute atomic E-state index is 0.255. The van der Waals surface area contributed by atoms with E-state index >= 15 is 0 Å². The van der Waals surface area contributed by atoms with E-state index in [1.807, 2.05) is 6.08 Å². The summed E-state index contributed by atoms with van der Waals surface area (Å²) in [4.78, 5) is 33.0. The van der Waals surface area contributed by atoms with Crippen LogP contribution in [0.2, 0.25) is 0 Å². The second-order valence-corrected chi connectivity index (χ2v) is 6.05. The summed E-state index contributed by atoms with van der Waals surface area (Å²) < 4.78 is 5.29. The minimum Gasteiger partial charge on any atom is -0.494 e. The number of nitrogens with one attached hydrogen (secondary N) is 2. The number of fused-ring (bicyclic) bond motifs is 1. The molecule has 0 radical (unpaired) electrons. The molecule has 0 atom stereocenters. The van der Waals surface area contributed by atoms with Gasteiger partial charge in [0.15, 0.2) is 0 Å². The van der Waals surface area contributed by atoms with Gasteiger partial charge in [-0.25, -0.2) is 4.98 Å². The first kappa shape index (κ1) is 17.2. The number of nitrogens with zero attached hydrogens (tertiary/aromatic N) is 2. The van der Waals surface area contributed by atoms with E-state index in [9.17, 15) is 9.59 Å². The number of rotatable bonds is 5. The standard InChI is InChI=1S/C18H22N4O3/c1-25-16-11-14-13(18(24)20-12-19-14)10-15(16)21-17(23)6-5-9-22-7-3-2-4-8-22/h5-6,10-12H,2-4,7-9H2,1H3,(H,21,23)(H,19,20,24)/b6-5+. The van der Waals surface area contributed by atoms with Crippen molar-refractivity contribution in [1.82, 2.24) is 14.9 Å². The van der Waals surface area contributed by atoms with Gasteiger partial charge < -0.3 is 15.0 Å². The molecule has 3 rings (SSSR count). The number of carbonyl (C=O) groups excluding carboxylic acids is 1. The molecule has 0 saturated carbocycles. The number of aromatic amines is 1. The van der Waals surface area contributed by atoms with E-state index in [1.165, 1.54) is 38.8 Å². The van der Waals surface area contributed by atoms with E-state index in [4.69, 9.17) is 4.74 Å². The van der Waals surface area contributed by atoms with Gasteiger partial charge >= 0.3 is 0 Å². The van der Waals surface area contributed by atoms with Gasteiger partial charge in [0.1, 0.15) is 5.75 Å². The third-order valence-electron chi connectivity index (χ3n) is 4.30. The highest BCUT2D eigenvalue weighted by molar-refractivity contribution is 6.02.